The van der Waals surface area contributed by atoms with Crippen molar-refractivity contribution in [1.82, 2.24) is 0 Å². The van der Waals surface area contributed by atoms with Crippen molar-refractivity contribution in [3.63, 3.8) is 0 Å². The number of halogens is 1. The zero-order valence-electron chi connectivity index (χ0n) is 12.4. The van der Waals surface area contributed by atoms with Crippen molar-refractivity contribution >= 4 is 0 Å². The molecule has 3 rings (SSSR count). The highest BCUT2D eigenvalue weighted by atomic mass is 19.1. The van der Waals surface area contributed by atoms with Gasteiger partial charge in [-0.15, -0.1) is 0 Å². The van der Waals surface area contributed by atoms with Crippen LogP contribution in [0.5, 0.6) is 0 Å². The van der Waals surface area contributed by atoms with E-state index in [9.17, 15) is 4.39 Å². The monoisotopic (exact) mass is 284 g/mol. The second-order valence-electron chi connectivity index (χ2n) is 5.89. The molecule has 0 spiro atoms. The first-order valence-electron chi connectivity index (χ1n) is 7.59. The number of fused-ring (bicyclic) bond motifs is 3. The van der Waals surface area contributed by atoms with Crippen LogP contribution in [-0.2, 0) is 11.2 Å². The summed E-state index contributed by atoms with van der Waals surface area (Å²) in [6, 6.07) is 5.11. The molecule has 2 heteroatoms. The van der Waals surface area contributed by atoms with Gasteiger partial charge in [0.1, 0.15) is 5.82 Å². The first-order chi connectivity index (χ1) is 10.2. The molecular formula is C19H21FO. The van der Waals surface area contributed by atoms with Crippen molar-refractivity contribution < 1.29 is 9.13 Å². The Morgan fingerprint density at radius 3 is 3.05 bits per heavy atom. The molecule has 0 bridgehead atoms. The highest BCUT2D eigenvalue weighted by Crippen LogP contribution is 2.44. The Morgan fingerprint density at radius 2 is 2.24 bits per heavy atom. The molecule has 0 aromatic heterocycles. The molecule has 0 amide bonds. The molecule has 0 N–H and O–H groups in total. The normalized spacial score (nSPS) is 25.4. The summed E-state index contributed by atoms with van der Waals surface area (Å²) in [4.78, 5) is 0. The minimum atomic E-state index is -0.176. The van der Waals surface area contributed by atoms with Gasteiger partial charge in [0.15, 0.2) is 0 Å². The molecule has 1 heterocycles. The van der Waals surface area contributed by atoms with E-state index in [1.54, 1.807) is 18.2 Å². The van der Waals surface area contributed by atoms with Gasteiger partial charge < -0.3 is 4.74 Å². The molecule has 110 valence electrons. The van der Waals surface area contributed by atoms with Gasteiger partial charge in [0.2, 0.25) is 0 Å². The molecule has 1 nitrogen and oxygen atoms in total. The summed E-state index contributed by atoms with van der Waals surface area (Å²) in [5.74, 6) is 0.141. The topological polar surface area (TPSA) is 9.23 Å². The molecule has 21 heavy (non-hydrogen) atoms. The smallest absolute Gasteiger partial charge is 0.123 e. The van der Waals surface area contributed by atoms with Crippen LogP contribution >= 0.6 is 0 Å². The maximum Gasteiger partial charge on any atom is 0.123 e. The fourth-order valence-electron chi connectivity index (χ4n) is 3.54. The highest BCUT2D eigenvalue weighted by Gasteiger charge is 2.34. The fraction of sp³-hybridized carbons (Fsp3) is 0.368. The van der Waals surface area contributed by atoms with Gasteiger partial charge in [-0.2, -0.15) is 0 Å². The first-order valence-corrected chi connectivity index (χ1v) is 7.59. The summed E-state index contributed by atoms with van der Waals surface area (Å²) in [7, 11) is 0. The summed E-state index contributed by atoms with van der Waals surface area (Å²) in [5.41, 5.74) is 4.89. The van der Waals surface area contributed by atoms with E-state index in [0.717, 1.165) is 31.4 Å². The van der Waals surface area contributed by atoms with Crippen LogP contribution in [0.25, 0.3) is 0 Å². The third kappa shape index (κ3) is 2.73. The lowest BCUT2D eigenvalue weighted by atomic mass is 9.83. The Labute approximate surface area is 125 Å². The Morgan fingerprint density at radius 1 is 1.38 bits per heavy atom. The minimum Gasteiger partial charge on any atom is -0.373 e. The molecular weight excluding hydrogens is 263 g/mol. The summed E-state index contributed by atoms with van der Waals surface area (Å²) >= 11 is 0. The lowest BCUT2D eigenvalue weighted by molar-refractivity contribution is -0.0152. The number of hydrogen-bond acceptors (Lipinski definition) is 1. The molecule has 1 aliphatic carbocycles. The average Bonchev–Trinajstić information content (AvgIpc) is 2.60. The van der Waals surface area contributed by atoms with Gasteiger partial charge in [-0.3, -0.25) is 0 Å². The van der Waals surface area contributed by atoms with E-state index in [2.05, 4.69) is 19.6 Å². The lowest BCUT2D eigenvalue weighted by Crippen LogP contribution is -2.24. The van der Waals surface area contributed by atoms with Gasteiger partial charge in [0, 0.05) is 12.5 Å². The van der Waals surface area contributed by atoms with Crippen LogP contribution in [0.4, 0.5) is 4.39 Å². The van der Waals surface area contributed by atoms with Crippen molar-refractivity contribution in [2.45, 2.75) is 32.3 Å². The van der Waals surface area contributed by atoms with Crippen molar-refractivity contribution in [3.05, 3.63) is 71.1 Å². The summed E-state index contributed by atoms with van der Waals surface area (Å²) in [6.45, 7) is 6.69. The van der Waals surface area contributed by atoms with Crippen LogP contribution in [0.15, 0.2) is 54.2 Å². The van der Waals surface area contributed by atoms with Crippen LogP contribution in [0.1, 0.15) is 37.0 Å². The van der Waals surface area contributed by atoms with Crippen molar-refractivity contribution in [3.8, 4) is 0 Å². The van der Waals surface area contributed by atoms with Gasteiger partial charge in [0.25, 0.3) is 0 Å². The maximum absolute atomic E-state index is 13.7. The van der Waals surface area contributed by atoms with E-state index in [4.69, 9.17) is 4.74 Å². The average molecular weight is 284 g/mol. The molecule has 1 aromatic rings. The van der Waals surface area contributed by atoms with Crippen LogP contribution in [0.3, 0.4) is 0 Å². The minimum absolute atomic E-state index is 0.0219. The van der Waals surface area contributed by atoms with Crippen LogP contribution < -0.4 is 0 Å². The number of hydrogen-bond donors (Lipinski definition) is 0. The van der Waals surface area contributed by atoms with Crippen molar-refractivity contribution in [1.29, 1.82) is 0 Å². The summed E-state index contributed by atoms with van der Waals surface area (Å²) < 4.78 is 19.7. The highest BCUT2D eigenvalue weighted by molar-refractivity contribution is 5.43. The van der Waals surface area contributed by atoms with E-state index in [-0.39, 0.29) is 11.9 Å². The Bertz CT molecular complexity index is 612. The Hall–Kier alpha value is -1.67. The first kappa shape index (κ1) is 14.3. The van der Waals surface area contributed by atoms with Gasteiger partial charge in [-0.1, -0.05) is 36.4 Å². The fourth-order valence-corrected chi connectivity index (χ4v) is 3.54. The maximum atomic E-state index is 13.7. The van der Waals surface area contributed by atoms with Crippen LogP contribution in [0.2, 0.25) is 0 Å². The predicted molar refractivity (Wildman–Crippen MR) is 83.6 cm³/mol. The van der Waals surface area contributed by atoms with Gasteiger partial charge >= 0.3 is 0 Å². The standard InChI is InChI=1S/C19H21FO/c1-3-4-6-16-13(2)11-14-8-9-15(20)12-18(14)19-17(16)7-5-10-21-19/h3-4,6,8-9,12,17,19H,1,5,7,10-11H2,2H3/b6-4-. The van der Waals surface area contributed by atoms with E-state index >= 15 is 0 Å². The molecule has 2 aliphatic rings. The number of ether oxygens (including phenoxy) is 1. The molecule has 2 unspecified atom stereocenters. The molecule has 1 saturated heterocycles. The van der Waals surface area contributed by atoms with Gasteiger partial charge in [-0.05, 0) is 55.0 Å². The van der Waals surface area contributed by atoms with Crippen molar-refractivity contribution in [2.24, 2.45) is 5.92 Å². The number of allylic oxidation sites excluding steroid dienone is 4. The molecule has 1 fully saturated rings. The van der Waals surface area contributed by atoms with Crippen LogP contribution in [-0.4, -0.2) is 6.61 Å². The van der Waals surface area contributed by atoms with E-state index in [0.29, 0.717) is 5.92 Å². The second kappa shape index (κ2) is 5.98. The predicted octanol–water partition coefficient (Wildman–Crippen LogP) is 4.91. The van der Waals surface area contributed by atoms with E-state index < -0.39 is 0 Å². The zero-order valence-corrected chi connectivity index (χ0v) is 12.4. The Kier molecular flexibility index (Phi) is 4.07. The molecule has 0 radical (unpaired) electrons. The van der Waals surface area contributed by atoms with E-state index in [1.165, 1.54) is 16.7 Å². The number of benzene rings is 1. The lowest BCUT2D eigenvalue weighted by Gasteiger charge is -2.33. The third-order valence-electron chi connectivity index (χ3n) is 4.50. The molecule has 1 aliphatic heterocycles. The van der Waals surface area contributed by atoms with Gasteiger partial charge in [0.05, 0.1) is 6.10 Å². The SMILES string of the molecule is C=C/C=C\C1=C(C)Cc2ccc(F)cc2C2OCCCC12. The third-order valence-corrected chi connectivity index (χ3v) is 4.50. The van der Waals surface area contributed by atoms with Gasteiger partial charge in [-0.25, -0.2) is 4.39 Å². The van der Waals surface area contributed by atoms with Crippen molar-refractivity contribution in [2.75, 3.05) is 6.61 Å². The zero-order chi connectivity index (χ0) is 14.8. The van der Waals surface area contributed by atoms with Crippen LogP contribution in [0, 0.1) is 11.7 Å². The molecule has 0 saturated carbocycles. The summed E-state index contributed by atoms with van der Waals surface area (Å²) in [6.07, 6.45) is 8.93. The molecule has 1 aromatic carbocycles. The van der Waals surface area contributed by atoms with E-state index in [1.807, 2.05) is 12.1 Å². The quantitative estimate of drug-likeness (QED) is 0.701. The summed E-state index contributed by atoms with van der Waals surface area (Å²) in [5, 5.41) is 0. The largest absolute Gasteiger partial charge is 0.373 e. The molecule has 2 atom stereocenters. The number of rotatable bonds is 2. The Balaban J connectivity index is 2.11. The second-order valence-corrected chi connectivity index (χ2v) is 5.89.